The van der Waals surface area contributed by atoms with E-state index < -0.39 is 101 Å². The van der Waals surface area contributed by atoms with Crippen molar-refractivity contribution in [2.75, 3.05) is 0 Å². The average Bonchev–Trinajstić information content (AvgIpc) is 3.50. The molecule has 0 bridgehead atoms. The van der Waals surface area contributed by atoms with Crippen molar-refractivity contribution in [3.63, 3.8) is 0 Å². The van der Waals surface area contributed by atoms with Crippen LogP contribution in [0.4, 0.5) is 26.3 Å². The lowest BCUT2D eigenvalue weighted by Gasteiger charge is -2.11. The molecule has 0 aliphatic rings. The number of fused-ring (bicyclic) bond motifs is 7. The van der Waals surface area contributed by atoms with Crippen molar-refractivity contribution in [3.05, 3.63) is 46.0 Å². The first-order chi connectivity index (χ1) is 17.2. The van der Waals surface area contributed by atoms with Crippen LogP contribution in [-0.2, 0) is 0 Å². The minimum absolute atomic E-state index is 0.823. The van der Waals surface area contributed by atoms with Crippen LogP contribution in [0.2, 0.25) is 0 Å². The first-order valence-electron chi connectivity index (χ1n) is 9.24. The summed E-state index contributed by atoms with van der Waals surface area (Å²) in [4.78, 5) is 6.87. The summed E-state index contributed by atoms with van der Waals surface area (Å²) in [6.07, 6.45) is 0. The summed E-state index contributed by atoms with van der Waals surface area (Å²) >= 11 is 0. The molecule has 0 aliphatic heterocycles. The zero-order valence-electron chi connectivity index (χ0n) is 16.8. The van der Waals surface area contributed by atoms with E-state index >= 15 is 17.6 Å². The van der Waals surface area contributed by atoms with Crippen LogP contribution < -0.4 is 11.1 Å². The van der Waals surface area contributed by atoms with Crippen LogP contribution in [0.1, 0.15) is 0 Å². The summed E-state index contributed by atoms with van der Waals surface area (Å²) in [6.45, 7) is 0. The molecule has 0 saturated carbocycles. The lowest BCUT2D eigenvalue weighted by molar-refractivity contribution is 0.506. The monoisotopic (exact) mass is 494 g/mol. The Balaban J connectivity index is 2.18. The van der Waals surface area contributed by atoms with Crippen LogP contribution >= 0.6 is 0 Å². The zero-order chi connectivity index (χ0) is 26.0. The van der Waals surface area contributed by atoms with Crippen LogP contribution in [0.3, 0.4) is 0 Å². The normalized spacial score (nSPS) is 10.9. The van der Waals surface area contributed by atoms with Crippen molar-refractivity contribution in [1.29, 1.82) is 21.0 Å². The molecule has 0 saturated heterocycles. The van der Waals surface area contributed by atoms with Crippen LogP contribution in [0, 0.1) is 80.2 Å². The lowest BCUT2D eigenvalue weighted by atomic mass is 9.97. The first kappa shape index (κ1) is 22.2. The summed E-state index contributed by atoms with van der Waals surface area (Å²) in [5.41, 5.74) is -7.47. The Bertz CT molecular complexity index is 1980. The number of nitriles is 4. The third kappa shape index (κ3) is 2.61. The summed E-state index contributed by atoms with van der Waals surface area (Å²) in [5, 5.41) is 30.8. The number of rotatable bonds is 0. The van der Waals surface area contributed by atoms with Gasteiger partial charge in [-0.15, -0.1) is 0 Å². The van der Waals surface area contributed by atoms with Gasteiger partial charge >= 0.3 is 0 Å². The number of nitrogens with zero attached hydrogens (tertiary/aromatic N) is 6. The molecular weight excluding hydrogens is 494 g/mol. The molecule has 0 radical (unpaired) electrons. The average molecular weight is 494 g/mol. The summed E-state index contributed by atoms with van der Waals surface area (Å²) < 4.78 is 101. The molecule has 0 unspecified atom stereocenters. The van der Waals surface area contributed by atoms with Crippen molar-refractivity contribution in [1.82, 2.24) is 9.97 Å². The van der Waals surface area contributed by atoms with Gasteiger partial charge in [0.05, 0.1) is 10.8 Å². The molecule has 0 aliphatic carbocycles. The highest BCUT2D eigenvalue weighted by Gasteiger charge is 2.32. The van der Waals surface area contributed by atoms with E-state index in [9.17, 15) is 8.78 Å². The Morgan fingerprint density at radius 1 is 0.500 bits per heavy atom. The van der Waals surface area contributed by atoms with E-state index in [0.717, 1.165) is 0 Å². The van der Waals surface area contributed by atoms with Gasteiger partial charge in [0.2, 0.25) is 11.1 Å². The summed E-state index contributed by atoms with van der Waals surface area (Å²) in [5.74, 6) is -11.6. The number of aromatic nitrogens is 2. The predicted octanol–water partition coefficient (Wildman–Crippen LogP) is 3.51. The fraction of sp³-hybridized carbons (Fsp3) is 0. The lowest BCUT2D eigenvalue weighted by Crippen LogP contribution is -2.04. The van der Waals surface area contributed by atoms with E-state index in [1.807, 2.05) is 0 Å². The highest BCUT2D eigenvalue weighted by atomic mass is 19.2. The second-order valence-electron chi connectivity index (χ2n) is 6.97. The number of hydrogen-bond acceptors (Lipinski definition) is 8. The third-order valence-corrected chi connectivity index (χ3v) is 5.21. The minimum Gasteiger partial charge on any atom is -0.434 e. The highest BCUT2D eigenvalue weighted by molar-refractivity contribution is 6.20. The molecule has 0 amide bonds. The quantitative estimate of drug-likeness (QED) is 0.235. The Morgan fingerprint density at radius 2 is 0.806 bits per heavy atom. The number of hydrogen-bond donors (Lipinski definition) is 0. The molecule has 36 heavy (non-hydrogen) atoms. The SMILES string of the molecule is N#CC(C#N)=c1nc2c(F)c(F)c3c(c(F)c(F)c4c5oc(=C(C#N)C#N)nc5c(F)c(F)c43)c2o1. The van der Waals surface area contributed by atoms with E-state index in [1.165, 1.54) is 24.3 Å². The van der Waals surface area contributed by atoms with E-state index in [4.69, 9.17) is 29.9 Å². The Kier molecular flexibility index (Phi) is 4.60. The smallest absolute Gasteiger partial charge is 0.249 e. The van der Waals surface area contributed by atoms with Gasteiger partial charge in [-0.25, -0.2) is 36.3 Å². The van der Waals surface area contributed by atoms with E-state index in [1.54, 1.807) is 0 Å². The molecule has 0 spiro atoms. The van der Waals surface area contributed by atoms with E-state index in [2.05, 4.69) is 9.97 Å². The molecule has 2 aromatic heterocycles. The molecule has 8 nitrogen and oxygen atoms in total. The predicted molar refractivity (Wildman–Crippen MR) is 105 cm³/mol. The Hall–Kier alpha value is -5.60. The molecule has 3 aromatic carbocycles. The topological polar surface area (TPSA) is 147 Å². The van der Waals surface area contributed by atoms with Crippen LogP contribution in [0.25, 0.3) is 54.9 Å². The second-order valence-corrected chi connectivity index (χ2v) is 6.97. The molecule has 0 N–H and O–H groups in total. The molecule has 2 heterocycles. The molecule has 172 valence electrons. The fourth-order valence-electron chi connectivity index (χ4n) is 3.71. The third-order valence-electron chi connectivity index (χ3n) is 5.21. The van der Waals surface area contributed by atoms with Crippen molar-refractivity contribution in [2.45, 2.75) is 0 Å². The van der Waals surface area contributed by atoms with Crippen LogP contribution in [0.5, 0.6) is 0 Å². The highest BCUT2D eigenvalue weighted by Crippen LogP contribution is 2.42. The van der Waals surface area contributed by atoms with Gasteiger partial charge in [-0.1, -0.05) is 0 Å². The van der Waals surface area contributed by atoms with Crippen molar-refractivity contribution >= 4 is 54.9 Å². The molecule has 5 aromatic rings. The summed E-state index contributed by atoms with van der Waals surface area (Å²) in [7, 11) is 0. The van der Waals surface area contributed by atoms with E-state index in [0.29, 0.717) is 0 Å². The molecule has 5 rings (SSSR count). The van der Waals surface area contributed by atoms with Gasteiger partial charge < -0.3 is 8.83 Å². The first-order valence-corrected chi connectivity index (χ1v) is 9.24. The van der Waals surface area contributed by atoms with Crippen molar-refractivity contribution < 1.29 is 35.2 Å². The van der Waals surface area contributed by atoms with Crippen LogP contribution in [-0.4, -0.2) is 9.97 Å². The van der Waals surface area contributed by atoms with Gasteiger partial charge in [0.25, 0.3) is 0 Å². The second kappa shape index (κ2) is 7.45. The van der Waals surface area contributed by atoms with Gasteiger partial charge in [-0.2, -0.15) is 21.0 Å². The maximum atomic E-state index is 15.3. The Morgan fingerprint density at radius 3 is 1.11 bits per heavy atom. The van der Waals surface area contributed by atoms with Gasteiger partial charge in [0.15, 0.2) is 57.2 Å². The standard InChI is InChI=1S/C22F6N6O2/c23-11-7-8-10(20-18(16(28)12(8)24)34-22(36-20)6(3-31)4-32)14(26)13(25)9(7)19-17(15(11)27)33-21(35-19)5(1-29)2-30. The molecule has 0 atom stereocenters. The molecule has 0 fully saturated rings. The minimum atomic E-state index is -1.99. The van der Waals surface area contributed by atoms with Gasteiger partial charge in [0, 0.05) is 10.8 Å². The molecular formula is C22F6N6O2. The van der Waals surface area contributed by atoms with Gasteiger partial charge in [-0.3, -0.25) is 0 Å². The van der Waals surface area contributed by atoms with Crippen molar-refractivity contribution in [2.24, 2.45) is 0 Å². The van der Waals surface area contributed by atoms with E-state index in [-0.39, 0.29) is 0 Å². The van der Waals surface area contributed by atoms with Gasteiger partial charge in [0.1, 0.15) is 35.3 Å². The van der Waals surface area contributed by atoms with Crippen LogP contribution in [0.15, 0.2) is 8.83 Å². The fourth-order valence-corrected chi connectivity index (χ4v) is 3.71. The summed E-state index contributed by atoms with van der Waals surface area (Å²) in [6, 6.07) is 5.45. The number of oxazole rings is 2. The molecule has 14 heteroatoms. The largest absolute Gasteiger partial charge is 0.434 e. The van der Waals surface area contributed by atoms with Gasteiger partial charge in [-0.05, 0) is 0 Å². The maximum Gasteiger partial charge on any atom is 0.249 e. The maximum absolute atomic E-state index is 15.3. The Labute approximate surface area is 192 Å². The number of halogens is 6. The van der Waals surface area contributed by atoms with Crippen molar-refractivity contribution in [3.8, 4) is 24.3 Å². The number of benzene rings is 3. The zero-order valence-corrected chi connectivity index (χ0v) is 16.8.